The van der Waals surface area contributed by atoms with E-state index in [1.807, 2.05) is 30.3 Å². The van der Waals surface area contributed by atoms with Gasteiger partial charge in [-0.2, -0.15) is 4.80 Å². The molecule has 0 unspecified atom stereocenters. The average molecular weight is 378 g/mol. The summed E-state index contributed by atoms with van der Waals surface area (Å²) in [7, 11) is 1.56. The summed E-state index contributed by atoms with van der Waals surface area (Å²) in [6.45, 7) is 0. The monoisotopic (exact) mass is 378 g/mol. The highest BCUT2D eigenvalue weighted by Crippen LogP contribution is 2.28. The number of nitrogens with one attached hydrogen (secondary N) is 1. The first-order valence-corrected chi connectivity index (χ1v) is 9.38. The fraction of sp³-hybridized carbons (Fsp3) is 0.350. The Morgan fingerprint density at radius 3 is 2.68 bits per heavy atom. The second-order valence-electron chi connectivity index (χ2n) is 6.89. The van der Waals surface area contributed by atoms with Gasteiger partial charge in [-0.25, -0.2) is 0 Å². The van der Waals surface area contributed by atoms with Crippen LogP contribution in [-0.4, -0.2) is 44.3 Å². The number of amides is 1. The number of nitrogens with zero attached hydrogens (tertiary/aromatic N) is 5. The van der Waals surface area contributed by atoms with Crippen LogP contribution in [-0.2, 0) is 0 Å². The van der Waals surface area contributed by atoms with Gasteiger partial charge in [0.15, 0.2) is 0 Å². The van der Waals surface area contributed by atoms with Crippen LogP contribution in [0.15, 0.2) is 48.8 Å². The molecular formula is C20H22N6O2. The summed E-state index contributed by atoms with van der Waals surface area (Å²) in [6.07, 6.45) is 6.66. The third kappa shape index (κ3) is 4.00. The van der Waals surface area contributed by atoms with Gasteiger partial charge in [-0.1, -0.05) is 30.3 Å². The molecule has 0 spiro atoms. The molecule has 1 aliphatic rings. The first-order chi connectivity index (χ1) is 13.7. The quantitative estimate of drug-likeness (QED) is 0.733. The highest BCUT2D eigenvalue weighted by Gasteiger charge is 2.25. The lowest BCUT2D eigenvalue weighted by atomic mass is 9.91. The van der Waals surface area contributed by atoms with Crippen molar-refractivity contribution in [3.8, 4) is 17.1 Å². The van der Waals surface area contributed by atoms with Gasteiger partial charge in [-0.15, -0.1) is 10.2 Å². The minimum absolute atomic E-state index is 0.125. The van der Waals surface area contributed by atoms with Crippen molar-refractivity contribution in [2.75, 3.05) is 7.11 Å². The van der Waals surface area contributed by atoms with Crippen LogP contribution in [0.25, 0.3) is 11.4 Å². The Morgan fingerprint density at radius 1 is 1.14 bits per heavy atom. The lowest BCUT2D eigenvalue weighted by molar-refractivity contribution is 0.0919. The minimum atomic E-state index is -0.125. The molecule has 0 bridgehead atoms. The number of benzene rings is 1. The molecule has 0 atom stereocenters. The third-order valence-electron chi connectivity index (χ3n) is 5.03. The van der Waals surface area contributed by atoms with Crippen LogP contribution in [0, 0.1) is 0 Å². The molecule has 0 radical (unpaired) electrons. The second-order valence-corrected chi connectivity index (χ2v) is 6.89. The van der Waals surface area contributed by atoms with E-state index >= 15 is 0 Å². The molecule has 1 aliphatic carbocycles. The molecule has 2 aromatic heterocycles. The molecule has 4 rings (SSSR count). The number of carbonyl (C=O) groups excluding carboxylic acids is 1. The molecule has 144 valence electrons. The minimum Gasteiger partial charge on any atom is -0.495 e. The molecule has 1 aromatic carbocycles. The van der Waals surface area contributed by atoms with E-state index in [-0.39, 0.29) is 18.0 Å². The van der Waals surface area contributed by atoms with E-state index in [1.165, 1.54) is 0 Å². The molecule has 0 aliphatic heterocycles. The molecule has 3 aromatic rings. The Bertz CT molecular complexity index is 935. The van der Waals surface area contributed by atoms with Gasteiger partial charge >= 0.3 is 0 Å². The summed E-state index contributed by atoms with van der Waals surface area (Å²) in [5.74, 6) is 1.09. The maximum absolute atomic E-state index is 12.4. The van der Waals surface area contributed by atoms with Gasteiger partial charge in [-0.3, -0.25) is 9.78 Å². The predicted molar refractivity (Wildman–Crippen MR) is 103 cm³/mol. The van der Waals surface area contributed by atoms with Crippen LogP contribution < -0.4 is 10.1 Å². The standard InChI is InChI=1S/C20H22N6O2/c1-28-18-11-15(12-21-13-18)20(27)22-16-7-9-17(10-8-16)26-24-19(23-25-26)14-5-3-2-4-6-14/h2-6,11-13,16-17H,7-10H2,1H3,(H,22,27). The summed E-state index contributed by atoms with van der Waals surface area (Å²) in [4.78, 5) is 18.2. The molecule has 1 amide bonds. The number of hydrogen-bond acceptors (Lipinski definition) is 6. The van der Waals surface area contributed by atoms with Crippen molar-refractivity contribution in [1.29, 1.82) is 0 Å². The first-order valence-electron chi connectivity index (χ1n) is 9.38. The lowest BCUT2D eigenvalue weighted by Crippen LogP contribution is -2.38. The molecule has 0 saturated heterocycles. The van der Waals surface area contributed by atoms with Gasteiger partial charge in [0.05, 0.1) is 24.9 Å². The van der Waals surface area contributed by atoms with Crippen molar-refractivity contribution in [3.63, 3.8) is 0 Å². The fourth-order valence-electron chi connectivity index (χ4n) is 3.46. The molecular weight excluding hydrogens is 356 g/mol. The molecule has 1 N–H and O–H groups in total. The van der Waals surface area contributed by atoms with Gasteiger partial charge in [0.2, 0.25) is 5.82 Å². The number of rotatable bonds is 5. The Kier molecular flexibility index (Phi) is 5.27. The zero-order valence-corrected chi connectivity index (χ0v) is 15.7. The van der Waals surface area contributed by atoms with Crippen molar-refractivity contribution >= 4 is 5.91 Å². The molecule has 1 fully saturated rings. The molecule has 8 heteroatoms. The summed E-state index contributed by atoms with van der Waals surface area (Å²) in [6, 6.07) is 11.9. The number of carbonyl (C=O) groups is 1. The van der Waals surface area contributed by atoms with E-state index in [2.05, 4.69) is 25.7 Å². The Balaban J connectivity index is 1.33. The van der Waals surface area contributed by atoms with E-state index in [0.717, 1.165) is 31.2 Å². The van der Waals surface area contributed by atoms with Crippen LogP contribution >= 0.6 is 0 Å². The Hall–Kier alpha value is -3.29. The molecule has 2 heterocycles. The first kappa shape index (κ1) is 18.1. The zero-order valence-electron chi connectivity index (χ0n) is 15.7. The average Bonchev–Trinajstić information content (AvgIpc) is 3.25. The second kappa shape index (κ2) is 8.16. The summed E-state index contributed by atoms with van der Waals surface area (Å²) >= 11 is 0. The van der Waals surface area contributed by atoms with Gasteiger partial charge in [0, 0.05) is 17.8 Å². The number of tetrazole rings is 1. The van der Waals surface area contributed by atoms with E-state index in [1.54, 1.807) is 30.4 Å². The molecule has 28 heavy (non-hydrogen) atoms. The number of hydrogen-bond donors (Lipinski definition) is 1. The Labute approximate surface area is 162 Å². The highest BCUT2D eigenvalue weighted by atomic mass is 16.5. The smallest absolute Gasteiger partial charge is 0.253 e. The summed E-state index contributed by atoms with van der Waals surface area (Å²) < 4.78 is 5.13. The number of methoxy groups -OCH3 is 1. The van der Waals surface area contributed by atoms with Crippen molar-refractivity contribution in [1.82, 2.24) is 30.5 Å². The van der Waals surface area contributed by atoms with Gasteiger partial charge in [0.1, 0.15) is 5.75 Å². The van der Waals surface area contributed by atoms with Crippen LogP contribution in [0.1, 0.15) is 42.1 Å². The summed E-state index contributed by atoms with van der Waals surface area (Å²) in [5.41, 5.74) is 1.47. The van der Waals surface area contributed by atoms with Crippen LogP contribution in [0.5, 0.6) is 5.75 Å². The number of pyridine rings is 1. The van der Waals surface area contributed by atoms with E-state index in [9.17, 15) is 4.79 Å². The van der Waals surface area contributed by atoms with Crippen LogP contribution in [0.2, 0.25) is 0 Å². The van der Waals surface area contributed by atoms with Gasteiger partial charge in [-0.05, 0) is 37.0 Å². The van der Waals surface area contributed by atoms with Gasteiger partial charge < -0.3 is 10.1 Å². The van der Waals surface area contributed by atoms with Crippen molar-refractivity contribution in [3.05, 3.63) is 54.4 Å². The van der Waals surface area contributed by atoms with Crippen LogP contribution in [0.3, 0.4) is 0 Å². The topological polar surface area (TPSA) is 94.8 Å². The fourth-order valence-corrected chi connectivity index (χ4v) is 3.46. The molecule has 8 nitrogen and oxygen atoms in total. The largest absolute Gasteiger partial charge is 0.495 e. The predicted octanol–water partition coefficient (Wildman–Crippen LogP) is 2.66. The number of aromatic nitrogens is 5. The normalized spacial score (nSPS) is 19.2. The SMILES string of the molecule is COc1cncc(C(=O)NC2CCC(n3nnc(-c4ccccc4)n3)CC2)c1. The summed E-state index contributed by atoms with van der Waals surface area (Å²) in [5, 5.41) is 16.0. The van der Waals surface area contributed by atoms with Crippen molar-refractivity contribution in [2.45, 2.75) is 37.8 Å². The van der Waals surface area contributed by atoms with Crippen LogP contribution in [0.4, 0.5) is 0 Å². The Morgan fingerprint density at radius 2 is 1.93 bits per heavy atom. The highest BCUT2D eigenvalue weighted by molar-refractivity contribution is 5.94. The van der Waals surface area contributed by atoms with Crippen molar-refractivity contribution in [2.24, 2.45) is 0 Å². The van der Waals surface area contributed by atoms with E-state index < -0.39 is 0 Å². The van der Waals surface area contributed by atoms with Crippen molar-refractivity contribution < 1.29 is 9.53 Å². The van der Waals surface area contributed by atoms with E-state index in [0.29, 0.717) is 17.1 Å². The van der Waals surface area contributed by atoms with E-state index in [4.69, 9.17) is 4.74 Å². The lowest BCUT2D eigenvalue weighted by Gasteiger charge is -2.28. The zero-order chi connectivity index (χ0) is 19.3. The molecule has 1 saturated carbocycles. The maximum Gasteiger partial charge on any atom is 0.253 e. The number of ether oxygens (including phenoxy) is 1. The maximum atomic E-state index is 12.4. The van der Waals surface area contributed by atoms with Gasteiger partial charge in [0.25, 0.3) is 5.91 Å². The third-order valence-corrected chi connectivity index (χ3v) is 5.03.